The molecule has 2 N–H and O–H groups in total. The summed E-state index contributed by atoms with van der Waals surface area (Å²) in [5.74, 6) is 1.78. The Labute approximate surface area is 152 Å². The van der Waals surface area contributed by atoms with Crippen molar-refractivity contribution in [2.24, 2.45) is 4.99 Å². The molecule has 0 bridgehead atoms. The highest BCUT2D eigenvalue weighted by Crippen LogP contribution is 2.12. The second kappa shape index (κ2) is 11.0. The Balaban J connectivity index is 2.43. The molecule has 25 heavy (non-hydrogen) atoms. The summed E-state index contributed by atoms with van der Waals surface area (Å²) in [6.45, 7) is 5.45. The van der Waals surface area contributed by atoms with Crippen LogP contribution in [0.4, 0.5) is 0 Å². The maximum atomic E-state index is 11.3. The van der Waals surface area contributed by atoms with E-state index in [0.29, 0.717) is 13.0 Å². The lowest BCUT2D eigenvalue weighted by atomic mass is 10.1. The van der Waals surface area contributed by atoms with Crippen molar-refractivity contribution in [3.05, 3.63) is 29.8 Å². The Bertz CT molecular complexity index is 627. The fraction of sp³-hybridized carbons (Fsp3) is 0.611. The number of benzene rings is 1. The third kappa shape index (κ3) is 9.96. The van der Waals surface area contributed by atoms with Crippen LogP contribution < -0.4 is 15.4 Å². The minimum absolute atomic E-state index is 0.0501. The highest BCUT2D eigenvalue weighted by atomic mass is 32.2. The van der Waals surface area contributed by atoms with E-state index in [1.54, 1.807) is 7.11 Å². The summed E-state index contributed by atoms with van der Waals surface area (Å²) in [4.78, 5) is 4.57. The molecule has 0 heterocycles. The lowest BCUT2D eigenvalue weighted by Gasteiger charge is -2.17. The Morgan fingerprint density at radius 3 is 2.52 bits per heavy atom. The van der Waals surface area contributed by atoms with Gasteiger partial charge in [0.1, 0.15) is 15.6 Å². The highest BCUT2D eigenvalue weighted by molar-refractivity contribution is 7.90. The van der Waals surface area contributed by atoms with Crippen molar-refractivity contribution in [2.75, 3.05) is 32.2 Å². The molecule has 6 nitrogen and oxygen atoms in total. The van der Waals surface area contributed by atoms with Crippen LogP contribution >= 0.6 is 0 Å². The first kappa shape index (κ1) is 21.3. The number of nitrogens with zero attached hydrogens (tertiary/aromatic N) is 1. The molecule has 7 heteroatoms. The molecular weight excluding hydrogens is 338 g/mol. The Hall–Kier alpha value is -1.76. The topological polar surface area (TPSA) is 79.8 Å². The van der Waals surface area contributed by atoms with Gasteiger partial charge < -0.3 is 15.4 Å². The van der Waals surface area contributed by atoms with Gasteiger partial charge >= 0.3 is 0 Å². The largest absolute Gasteiger partial charge is 0.497 e. The van der Waals surface area contributed by atoms with E-state index in [2.05, 4.69) is 27.8 Å². The van der Waals surface area contributed by atoms with E-state index >= 15 is 0 Å². The van der Waals surface area contributed by atoms with Crippen LogP contribution in [0.5, 0.6) is 5.75 Å². The highest BCUT2D eigenvalue weighted by Gasteiger charge is 2.09. The number of aliphatic imine (C=N–C) groups is 1. The van der Waals surface area contributed by atoms with Gasteiger partial charge in [0, 0.05) is 25.4 Å². The van der Waals surface area contributed by atoms with Gasteiger partial charge in [-0.2, -0.15) is 0 Å². The SMILES string of the molecule is CCNC(=NCCCc1ccc(OC)cc1)NC(C)CCS(C)(=O)=O. The third-order valence-corrected chi connectivity index (χ3v) is 4.68. The van der Waals surface area contributed by atoms with Crippen LogP contribution in [0.2, 0.25) is 0 Å². The van der Waals surface area contributed by atoms with Gasteiger partial charge in [0.25, 0.3) is 0 Å². The van der Waals surface area contributed by atoms with Crippen LogP contribution in [-0.2, 0) is 16.3 Å². The molecule has 142 valence electrons. The smallest absolute Gasteiger partial charge is 0.191 e. The monoisotopic (exact) mass is 369 g/mol. The number of guanidine groups is 1. The van der Waals surface area contributed by atoms with E-state index in [4.69, 9.17) is 4.74 Å². The Kier molecular flexibility index (Phi) is 9.34. The number of sulfone groups is 1. The van der Waals surface area contributed by atoms with Crippen molar-refractivity contribution in [2.45, 2.75) is 39.2 Å². The van der Waals surface area contributed by atoms with E-state index in [1.165, 1.54) is 11.8 Å². The second-order valence-electron chi connectivity index (χ2n) is 6.18. The first-order valence-corrected chi connectivity index (χ1v) is 10.8. The molecule has 1 unspecified atom stereocenters. The number of nitrogens with one attached hydrogen (secondary N) is 2. The van der Waals surface area contributed by atoms with Crippen molar-refractivity contribution in [1.29, 1.82) is 0 Å². The number of hydrogen-bond acceptors (Lipinski definition) is 4. The summed E-state index contributed by atoms with van der Waals surface area (Å²) in [7, 11) is -1.27. The Morgan fingerprint density at radius 2 is 1.96 bits per heavy atom. The molecule has 1 aromatic rings. The molecule has 0 amide bonds. The summed E-state index contributed by atoms with van der Waals surface area (Å²) in [5, 5.41) is 6.46. The molecule has 0 aliphatic rings. The van der Waals surface area contributed by atoms with E-state index in [0.717, 1.165) is 31.1 Å². The summed E-state index contributed by atoms with van der Waals surface area (Å²) < 4.78 is 27.7. The average molecular weight is 370 g/mol. The molecule has 0 saturated carbocycles. The summed E-state index contributed by atoms with van der Waals surface area (Å²) in [6, 6.07) is 8.12. The molecule has 0 radical (unpaired) electrons. The van der Waals surface area contributed by atoms with Crippen LogP contribution in [0.3, 0.4) is 0 Å². The van der Waals surface area contributed by atoms with Gasteiger partial charge in [-0.05, 0) is 50.8 Å². The first-order chi connectivity index (χ1) is 11.8. The number of aryl methyl sites for hydroxylation is 1. The van der Waals surface area contributed by atoms with Gasteiger partial charge in [0.2, 0.25) is 0 Å². The van der Waals surface area contributed by atoms with Crippen LogP contribution in [0.15, 0.2) is 29.3 Å². The zero-order chi connectivity index (χ0) is 18.7. The Morgan fingerprint density at radius 1 is 1.28 bits per heavy atom. The number of ether oxygens (including phenoxy) is 1. The molecule has 0 saturated heterocycles. The van der Waals surface area contributed by atoms with Crippen molar-refractivity contribution >= 4 is 15.8 Å². The van der Waals surface area contributed by atoms with Gasteiger partial charge in [0.05, 0.1) is 12.9 Å². The van der Waals surface area contributed by atoms with Crippen molar-refractivity contribution in [3.63, 3.8) is 0 Å². The molecule has 0 fully saturated rings. The van der Waals surface area contributed by atoms with Gasteiger partial charge in [-0.15, -0.1) is 0 Å². The van der Waals surface area contributed by atoms with Crippen molar-refractivity contribution in [3.8, 4) is 5.75 Å². The second-order valence-corrected chi connectivity index (χ2v) is 8.44. The van der Waals surface area contributed by atoms with Gasteiger partial charge in [0.15, 0.2) is 5.96 Å². The molecule has 0 aliphatic carbocycles. The van der Waals surface area contributed by atoms with Crippen LogP contribution in [-0.4, -0.2) is 52.6 Å². The van der Waals surface area contributed by atoms with Gasteiger partial charge in [-0.25, -0.2) is 8.42 Å². The lowest BCUT2D eigenvalue weighted by molar-refractivity contribution is 0.414. The predicted molar refractivity (Wildman–Crippen MR) is 104 cm³/mol. The van der Waals surface area contributed by atoms with E-state index in [-0.39, 0.29) is 11.8 Å². The average Bonchev–Trinajstić information content (AvgIpc) is 2.57. The molecule has 1 rings (SSSR count). The molecule has 1 atom stereocenters. The summed E-state index contributed by atoms with van der Waals surface area (Å²) in [5.41, 5.74) is 1.26. The fourth-order valence-corrected chi connectivity index (χ4v) is 3.06. The van der Waals surface area contributed by atoms with Crippen molar-refractivity contribution in [1.82, 2.24) is 10.6 Å². The zero-order valence-electron chi connectivity index (χ0n) is 15.7. The van der Waals surface area contributed by atoms with E-state index in [9.17, 15) is 8.42 Å². The van der Waals surface area contributed by atoms with Crippen LogP contribution in [0.1, 0.15) is 32.3 Å². The predicted octanol–water partition coefficient (Wildman–Crippen LogP) is 2.01. The summed E-state index contributed by atoms with van der Waals surface area (Å²) >= 11 is 0. The van der Waals surface area contributed by atoms with Gasteiger partial charge in [-0.1, -0.05) is 12.1 Å². The normalized spacial score (nSPS) is 13.4. The quantitative estimate of drug-likeness (QED) is 0.375. The maximum absolute atomic E-state index is 11.3. The fourth-order valence-electron chi connectivity index (χ4n) is 2.28. The summed E-state index contributed by atoms with van der Waals surface area (Å²) in [6.07, 6.45) is 3.73. The van der Waals surface area contributed by atoms with Gasteiger partial charge in [-0.3, -0.25) is 4.99 Å². The number of hydrogen-bond donors (Lipinski definition) is 2. The minimum Gasteiger partial charge on any atom is -0.497 e. The number of rotatable bonds is 10. The lowest BCUT2D eigenvalue weighted by Crippen LogP contribution is -2.42. The first-order valence-electron chi connectivity index (χ1n) is 8.69. The third-order valence-electron chi connectivity index (χ3n) is 3.70. The van der Waals surface area contributed by atoms with Crippen molar-refractivity contribution < 1.29 is 13.2 Å². The van der Waals surface area contributed by atoms with Crippen LogP contribution in [0.25, 0.3) is 0 Å². The maximum Gasteiger partial charge on any atom is 0.191 e. The zero-order valence-corrected chi connectivity index (χ0v) is 16.5. The minimum atomic E-state index is -2.93. The van der Waals surface area contributed by atoms with E-state index in [1.807, 2.05) is 26.0 Å². The molecule has 0 spiro atoms. The number of methoxy groups -OCH3 is 1. The molecular formula is C18H31N3O3S. The van der Waals surface area contributed by atoms with Crippen LogP contribution in [0, 0.1) is 0 Å². The van der Waals surface area contributed by atoms with E-state index < -0.39 is 9.84 Å². The molecule has 0 aromatic heterocycles. The molecule has 0 aliphatic heterocycles. The standard InChI is InChI=1S/C18H31N3O3S/c1-5-19-18(21-15(2)12-14-25(4,22)23)20-13-6-7-16-8-10-17(24-3)11-9-16/h8-11,15H,5-7,12-14H2,1-4H3,(H2,19,20,21). The molecule has 1 aromatic carbocycles.